The predicted molar refractivity (Wildman–Crippen MR) is 79.2 cm³/mol. The number of rotatable bonds is 5. The first-order valence-corrected chi connectivity index (χ1v) is 7.67. The third-order valence-electron chi connectivity index (χ3n) is 3.06. The van der Waals surface area contributed by atoms with Crippen LogP contribution in [0.25, 0.3) is 11.0 Å². The van der Waals surface area contributed by atoms with Crippen molar-refractivity contribution in [3.63, 3.8) is 0 Å². The normalized spacial score (nSPS) is 11.4. The molecule has 0 aliphatic heterocycles. The van der Waals surface area contributed by atoms with Gasteiger partial charge in [0.05, 0.1) is 16.6 Å². The molecule has 0 aliphatic rings. The van der Waals surface area contributed by atoms with E-state index in [9.17, 15) is 9.90 Å². The van der Waals surface area contributed by atoms with Crippen molar-refractivity contribution < 1.29 is 9.90 Å². The number of aromatic carboxylic acids is 1. The average molecular weight is 278 g/mol. The zero-order chi connectivity index (χ0) is 14.0. The van der Waals surface area contributed by atoms with Crippen LogP contribution in [0.15, 0.2) is 18.2 Å². The number of hydrogen-bond donors (Lipinski definition) is 1. The van der Waals surface area contributed by atoms with Crippen molar-refractivity contribution in [2.45, 2.75) is 26.3 Å². The summed E-state index contributed by atoms with van der Waals surface area (Å²) in [7, 11) is 0. The standard InChI is InChI=1S/C14H18N2O2S/c1-9(2)13-15-11-6-4-5-10(14(17)18)12(11)16(13)7-8-19-3/h4-6,9H,7-8H2,1-3H3,(H,17,18). The number of imidazole rings is 1. The van der Waals surface area contributed by atoms with Gasteiger partial charge in [0.15, 0.2) is 0 Å². The zero-order valence-corrected chi connectivity index (χ0v) is 12.2. The van der Waals surface area contributed by atoms with Gasteiger partial charge in [-0.2, -0.15) is 11.8 Å². The molecular weight excluding hydrogens is 260 g/mol. The minimum atomic E-state index is -0.897. The minimum absolute atomic E-state index is 0.274. The number of benzene rings is 1. The first-order chi connectivity index (χ1) is 9.06. The highest BCUT2D eigenvalue weighted by atomic mass is 32.2. The van der Waals surface area contributed by atoms with E-state index in [-0.39, 0.29) is 5.92 Å². The molecule has 5 heteroatoms. The summed E-state index contributed by atoms with van der Waals surface area (Å²) in [5.41, 5.74) is 1.84. The molecule has 1 heterocycles. The van der Waals surface area contributed by atoms with Crippen molar-refractivity contribution in [2.75, 3.05) is 12.0 Å². The lowest BCUT2D eigenvalue weighted by atomic mass is 10.2. The molecule has 0 aliphatic carbocycles. The second-order valence-corrected chi connectivity index (χ2v) is 5.73. The Balaban J connectivity index is 2.69. The van der Waals surface area contributed by atoms with Gasteiger partial charge in [-0.25, -0.2) is 9.78 Å². The first-order valence-electron chi connectivity index (χ1n) is 6.27. The van der Waals surface area contributed by atoms with Gasteiger partial charge in [0.25, 0.3) is 0 Å². The maximum absolute atomic E-state index is 11.4. The number of carboxylic acid groups (broad SMARTS) is 1. The van der Waals surface area contributed by atoms with Crippen molar-refractivity contribution >= 4 is 28.8 Å². The largest absolute Gasteiger partial charge is 0.478 e. The molecule has 1 N–H and O–H groups in total. The number of para-hydroxylation sites is 1. The third kappa shape index (κ3) is 2.61. The molecule has 102 valence electrons. The summed E-state index contributed by atoms with van der Waals surface area (Å²) in [6, 6.07) is 5.27. The number of fused-ring (bicyclic) bond motifs is 1. The van der Waals surface area contributed by atoms with Crippen LogP contribution in [0.2, 0.25) is 0 Å². The van der Waals surface area contributed by atoms with Gasteiger partial charge in [-0.3, -0.25) is 0 Å². The molecule has 0 spiro atoms. The highest BCUT2D eigenvalue weighted by Crippen LogP contribution is 2.25. The van der Waals surface area contributed by atoms with Crippen LogP contribution >= 0.6 is 11.8 Å². The molecule has 0 amide bonds. The highest BCUT2D eigenvalue weighted by Gasteiger charge is 2.18. The Kier molecular flexibility index (Phi) is 4.14. The molecule has 0 radical (unpaired) electrons. The van der Waals surface area contributed by atoms with E-state index in [0.29, 0.717) is 5.56 Å². The number of aromatic nitrogens is 2. The Morgan fingerprint density at radius 2 is 2.21 bits per heavy atom. The van der Waals surface area contributed by atoms with E-state index >= 15 is 0 Å². The van der Waals surface area contributed by atoms with Crippen molar-refractivity contribution in [2.24, 2.45) is 0 Å². The molecule has 4 nitrogen and oxygen atoms in total. The fourth-order valence-corrected chi connectivity index (χ4v) is 2.59. The molecule has 2 aromatic rings. The van der Waals surface area contributed by atoms with Gasteiger partial charge in [-0.15, -0.1) is 0 Å². The molecular formula is C14H18N2O2S. The van der Waals surface area contributed by atoms with Gasteiger partial charge < -0.3 is 9.67 Å². The van der Waals surface area contributed by atoms with Gasteiger partial charge in [-0.05, 0) is 18.4 Å². The van der Waals surface area contributed by atoms with Crippen LogP contribution in [0.4, 0.5) is 0 Å². The Hall–Kier alpha value is -1.49. The molecule has 0 fully saturated rings. The SMILES string of the molecule is CSCCn1c(C(C)C)nc2cccc(C(=O)O)c21. The third-order valence-corrected chi connectivity index (χ3v) is 3.65. The van der Waals surface area contributed by atoms with Gasteiger partial charge in [0, 0.05) is 18.2 Å². The molecule has 1 aromatic carbocycles. The fraction of sp³-hybridized carbons (Fsp3) is 0.429. The molecule has 0 saturated carbocycles. The summed E-state index contributed by atoms with van der Waals surface area (Å²) in [6.45, 7) is 4.95. The van der Waals surface area contributed by atoms with E-state index in [4.69, 9.17) is 0 Å². The zero-order valence-electron chi connectivity index (χ0n) is 11.4. The summed E-state index contributed by atoms with van der Waals surface area (Å²) >= 11 is 1.75. The number of carboxylic acids is 1. The summed E-state index contributed by atoms with van der Waals surface area (Å²) in [5.74, 6) is 1.28. The molecule has 0 unspecified atom stereocenters. The van der Waals surface area contributed by atoms with Gasteiger partial charge in [0.2, 0.25) is 0 Å². The fourth-order valence-electron chi connectivity index (χ4n) is 2.23. The van der Waals surface area contributed by atoms with E-state index < -0.39 is 5.97 Å². The minimum Gasteiger partial charge on any atom is -0.478 e. The number of thioether (sulfide) groups is 1. The van der Waals surface area contributed by atoms with Gasteiger partial charge >= 0.3 is 5.97 Å². The average Bonchev–Trinajstić information content (AvgIpc) is 2.74. The number of hydrogen-bond acceptors (Lipinski definition) is 3. The van der Waals surface area contributed by atoms with Crippen LogP contribution in [0.5, 0.6) is 0 Å². The maximum Gasteiger partial charge on any atom is 0.337 e. The van der Waals surface area contributed by atoms with Crippen LogP contribution in [-0.4, -0.2) is 32.6 Å². The maximum atomic E-state index is 11.4. The second kappa shape index (κ2) is 5.65. The lowest BCUT2D eigenvalue weighted by Crippen LogP contribution is -2.09. The van der Waals surface area contributed by atoms with Crippen LogP contribution in [0.1, 0.15) is 35.9 Å². The van der Waals surface area contributed by atoms with E-state index in [1.807, 2.05) is 12.3 Å². The van der Waals surface area contributed by atoms with Crippen LogP contribution in [-0.2, 0) is 6.54 Å². The molecule has 0 bridgehead atoms. The van der Waals surface area contributed by atoms with Crippen molar-refractivity contribution in [1.29, 1.82) is 0 Å². The van der Waals surface area contributed by atoms with Crippen LogP contribution < -0.4 is 0 Å². The van der Waals surface area contributed by atoms with E-state index in [1.165, 1.54) is 0 Å². The molecule has 0 saturated heterocycles. The molecule has 0 atom stereocenters. The van der Waals surface area contributed by atoms with E-state index in [1.54, 1.807) is 23.9 Å². The predicted octanol–water partition coefficient (Wildman–Crippen LogP) is 3.22. The van der Waals surface area contributed by atoms with Gasteiger partial charge in [-0.1, -0.05) is 19.9 Å². The van der Waals surface area contributed by atoms with Crippen molar-refractivity contribution in [1.82, 2.24) is 9.55 Å². The summed E-state index contributed by atoms with van der Waals surface area (Å²) in [4.78, 5) is 16.0. The van der Waals surface area contributed by atoms with Crippen LogP contribution in [0, 0.1) is 0 Å². The number of aryl methyl sites for hydroxylation is 1. The first kappa shape index (κ1) is 13.9. The topological polar surface area (TPSA) is 55.1 Å². The Bertz CT molecular complexity index is 605. The Morgan fingerprint density at radius 1 is 1.47 bits per heavy atom. The van der Waals surface area contributed by atoms with E-state index in [0.717, 1.165) is 29.2 Å². The second-order valence-electron chi connectivity index (χ2n) is 4.75. The summed E-state index contributed by atoms with van der Waals surface area (Å²) in [5, 5.41) is 9.33. The lowest BCUT2D eigenvalue weighted by Gasteiger charge is -2.11. The molecule has 1 aromatic heterocycles. The van der Waals surface area contributed by atoms with Gasteiger partial charge in [0.1, 0.15) is 5.82 Å². The smallest absolute Gasteiger partial charge is 0.337 e. The van der Waals surface area contributed by atoms with E-state index in [2.05, 4.69) is 23.4 Å². The quantitative estimate of drug-likeness (QED) is 0.912. The molecule has 2 rings (SSSR count). The number of nitrogens with zero attached hydrogens (tertiary/aromatic N) is 2. The Labute approximate surface area is 116 Å². The van der Waals surface area contributed by atoms with Crippen molar-refractivity contribution in [3.8, 4) is 0 Å². The Morgan fingerprint density at radius 3 is 2.79 bits per heavy atom. The highest BCUT2D eigenvalue weighted by molar-refractivity contribution is 7.98. The van der Waals surface area contributed by atoms with Crippen molar-refractivity contribution in [3.05, 3.63) is 29.6 Å². The number of carbonyl (C=O) groups is 1. The summed E-state index contributed by atoms with van der Waals surface area (Å²) < 4.78 is 2.06. The van der Waals surface area contributed by atoms with Crippen LogP contribution in [0.3, 0.4) is 0 Å². The lowest BCUT2D eigenvalue weighted by molar-refractivity contribution is 0.0698. The monoisotopic (exact) mass is 278 g/mol. The summed E-state index contributed by atoms with van der Waals surface area (Å²) in [6.07, 6.45) is 2.05. The molecule has 19 heavy (non-hydrogen) atoms.